The molecular weight excluding hydrogens is 248 g/mol. The molecule has 1 heterocycles. The topological polar surface area (TPSA) is 17.1 Å². The Bertz CT molecular complexity index is 356. The van der Waals surface area contributed by atoms with Crippen molar-refractivity contribution in [3.8, 4) is 11.8 Å². The normalized spacial score (nSPS) is 9.08. The predicted molar refractivity (Wildman–Crippen MR) is 59.0 cm³/mol. The minimum atomic E-state index is 0.163. The number of rotatable bonds is 3. The van der Waals surface area contributed by atoms with E-state index >= 15 is 0 Å². The highest BCUT2D eigenvalue weighted by molar-refractivity contribution is 9.11. The van der Waals surface area contributed by atoms with Crippen molar-refractivity contribution in [1.29, 1.82) is 0 Å². The molecule has 0 N–H and O–H groups in total. The molecule has 13 heavy (non-hydrogen) atoms. The largest absolute Gasteiger partial charge is 0.294 e. The molecule has 0 amide bonds. The number of thiophene rings is 1. The van der Waals surface area contributed by atoms with E-state index in [0.717, 1.165) is 9.35 Å². The molecule has 0 aromatic carbocycles. The van der Waals surface area contributed by atoms with Crippen LogP contribution in [0.5, 0.6) is 0 Å². The van der Waals surface area contributed by atoms with Crippen molar-refractivity contribution >= 4 is 33.0 Å². The Morgan fingerprint density at radius 2 is 2.46 bits per heavy atom. The van der Waals surface area contributed by atoms with Crippen LogP contribution in [0.3, 0.4) is 0 Å². The van der Waals surface area contributed by atoms with Gasteiger partial charge in [-0.15, -0.1) is 23.2 Å². The Morgan fingerprint density at radius 3 is 3.00 bits per heavy atom. The fourth-order valence-corrected chi connectivity index (χ4v) is 2.24. The number of carbonyl (C=O) groups is 1. The van der Waals surface area contributed by atoms with Gasteiger partial charge in [-0.2, -0.15) is 0 Å². The van der Waals surface area contributed by atoms with E-state index in [4.69, 9.17) is 0 Å². The third-order valence-corrected chi connectivity index (χ3v) is 3.26. The standard InChI is InChI=1S/C10H9BrOS/c1-2-3-4-5-9(12)8-6-7-13-10(8)11/h6-7H,4-5H2,1H3. The van der Waals surface area contributed by atoms with E-state index in [0.29, 0.717) is 12.8 Å². The van der Waals surface area contributed by atoms with Crippen LogP contribution in [0.1, 0.15) is 30.1 Å². The Labute approximate surface area is 90.3 Å². The molecule has 0 aliphatic carbocycles. The third kappa shape index (κ3) is 2.98. The maximum absolute atomic E-state index is 11.5. The third-order valence-electron chi connectivity index (χ3n) is 1.57. The molecule has 1 aromatic rings. The van der Waals surface area contributed by atoms with E-state index in [1.54, 1.807) is 6.92 Å². The van der Waals surface area contributed by atoms with Crippen LogP contribution in [0.15, 0.2) is 15.2 Å². The summed E-state index contributed by atoms with van der Waals surface area (Å²) in [6.45, 7) is 1.78. The Morgan fingerprint density at radius 1 is 1.69 bits per heavy atom. The van der Waals surface area contributed by atoms with E-state index in [-0.39, 0.29) is 5.78 Å². The lowest BCUT2D eigenvalue weighted by molar-refractivity contribution is 0.0984. The summed E-state index contributed by atoms with van der Waals surface area (Å²) in [6.07, 6.45) is 1.16. The average Bonchev–Trinajstić information content (AvgIpc) is 2.52. The molecule has 0 spiro atoms. The van der Waals surface area contributed by atoms with E-state index in [1.165, 1.54) is 11.3 Å². The van der Waals surface area contributed by atoms with Gasteiger partial charge in [0.05, 0.1) is 3.79 Å². The fraction of sp³-hybridized carbons (Fsp3) is 0.300. The highest BCUT2D eigenvalue weighted by Gasteiger charge is 2.09. The summed E-state index contributed by atoms with van der Waals surface area (Å²) in [6, 6.07) is 1.84. The zero-order valence-electron chi connectivity index (χ0n) is 7.26. The highest BCUT2D eigenvalue weighted by Crippen LogP contribution is 2.24. The molecule has 0 radical (unpaired) electrons. The molecule has 0 bridgehead atoms. The van der Waals surface area contributed by atoms with Gasteiger partial charge in [0.25, 0.3) is 0 Å². The van der Waals surface area contributed by atoms with E-state index in [1.807, 2.05) is 11.4 Å². The number of Topliss-reactive ketones (excluding diaryl/α,β-unsaturated/α-hetero) is 1. The summed E-state index contributed by atoms with van der Waals surface area (Å²) in [5, 5.41) is 1.91. The number of hydrogen-bond acceptors (Lipinski definition) is 2. The number of hydrogen-bond donors (Lipinski definition) is 0. The van der Waals surface area contributed by atoms with E-state index in [2.05, 4.69) is 27.8 Å². The summed E-state index contributed by atoms with van der Waals surface area (Å²) in [5.74, 6) is 5.81. The van der Waals surface area contributed by atoms with E-state index in [9.17, 15) is 4.79 Å². The van der Waals surface area contributed by atoms with Gasteiger partial charge < -0.3 is 0 Å². The fourth-order valence-electron chi connectivity index (χ4n) is 0.929. The molecule has 1 aromatic heterocycles. The molecule has 0 aliphatic heterocycles. The quantitative estimate of drug-likeness (QED) is 0.598. The first kappa shape index (κ1) is 10.5. The first-order valence-electron chi connectivity index (χ1n) is 3.91. The summed E-state index contributed by atoms with van der Waals surface area (Å²) < 4.78 is 0.918. The van der Waals surface area contributed by atoms with Gasteiger partial charge in [-0.05, 0) is 34.3 Å². The van der Waals surface area contributed by atoms with Crippen molar-refractivity contribution in [2.75, 3.05) is 0 Å². The molecule has 0 saturated carbocycles. The van der Waals surface area contributed by atoms with Crippen molar-refractivity contribution < 1.29 is 4.79 Å². The molecule has 0 aliphatic rings. The number of halogens is 1. The lowest BCUT2D eigenvalue weighted by Crippen LogP contribution is -1.96. The van der Waals surface area contributed by atoms with Crippen LogP contribution in [-0.4, -0.2) is 5.78 Å². The molecular formula is C10H9BrOS. The zero-order valence-corrected chi connectivity index (χ0v) is 9.67. The highest BCUT2D eigenvalue weighted by atomic mass is 79.9. The van der Waals surface area contributed by atoms with Crippen LogP contribution < -0.4 is 0 Å². The SMILES string of the molecule is CC#CCCC(=O)c1ccsc1Br. The van der Waals surface area contributed by atoms with Crippen LogP contribution in [0.2, 0.25) is 0 Å². The van der Waals surface area contributed by atoms with Crippen LogP contribution >= 0.6 is 27.3 Å². The Hall–Kier alpha value is -0.590. The van der Waals surface area contributed by atoms with Gasteiger partial charge in [-0.1, -0.05) is 0 Å². The summed E-state index contributed by atoms with van der Waals surface area (Å²) in [5.41, 5.74) is 0.780. The van der Waals surface area contributed by atoms with Crippen molar-refractivity contribution in [3.63, 3.8) is 0 Å². The smallest absolute Gasteiger partial charge is 0.165 e. The second-order valence-corrected chi connectivity index (χ2v) is 4.69. The van der Waals surface area contributed by atoms with Gasteiger partial charge in [0.15, 0.2) is 5.78 Å². The molecule has 0 unspecified atom stereocenters. The maximum atomic E-state index is 11.5. The van der Waals surface area contributed by atoms with Crippen molar-refractivity contribution in [3.05, 3.63) is 20.8 Å². The average molecular weight is 257 g/mol. The van der Waals surface area contributed by atoms with Crippen molar-refractivity contribution in [2.45, 2.75) is 19.8 Å². The van der Waals surface area contributed by atoms with E-state index < -0.39 is 0 Å². The van der Waals surface area contributed by atoms with Gasteiger partial charge in [-0.3, -0.25) is 4.79 Å². The Kier molecular flexibility index (Phi) is 4.20. The zero-order chi connectivity index (χ0) is 9.68. The van der Waals surface area contributed by atoms with Crippen LogP contribution in [0.25, 0.3) is 0 Å². The molecule has 68 valence electrons. The predicted octanol–water partition coefficient (Wildman–Crippen LogP) is 3.50. The number of ketones is 1. The second-order valence-electron chi connectivity index (χ2n) is 2.46. The van der Waals surface area contributed by atoms with Gasteiger partial charge in [0.2, 0.25) is 0 Å². The molecule has 0 atom stereocenters. The molecule has 0 fully saturated rings. The first-order valence-corrected chi connectivity index (χ1v) is 5.58. The minimum absolute atomic E-state index is 0.163. The maximum Gasteiger partial charge on any atom is 0.165 e. The molecule has 1 rings (SSSR count). The first-order chi connectivity index (χ1) is 6.25. The lowest BCUT2D eigenvalue weighted by Gasteiger charge is -1.94. The van der Waals surface area contributed by atoms with Crippen LogP contribution in [-0.2, 0) is 0 Å². The second kappa shape index (κ2) is 5.21. The van der Waals surface area contributed by atoms with Gasteiger partial charge in [0.1, 0.15) is 0 Å². The van der Waals surface area contributed by atoms with Crippen molar-refractivity contribution in [1.82, 2.24) is 0 Å². The van der Waals surface area contributed by atoms with Crippen LogP contribution in [0, 0.1) is 11.8 Å². The van der Waals surface area contributed by atoms with Crippen LogP contribution in [0.4, 0.5) is 0 Å². The summed E-state index contributed by atoms with van der Waals surface area (Å²) >= 11 is 4.87. The minimum Gasteiger partial charge on any atom is -0.294 e. The molecule has 1 nitrogen and oxygen atoms in total. The monoisotopic (exact) mass is 256 g/mol. The molecule has 3 heteroatoms. The van der Waals surface area contributed by atoms with Gasteiger partial charge >= 0.3 is 0 Å². The van der Waals surface area contributed by atoms with Gasteiger partial charge in [0, 0.05) is 18.4 Å². The van der Waals surface area contributed by atoms with Gasteiger partial charge in [-0.25, -0.2) is 0 Å². The lowest BCUT2D eigenvalue weighted by atomic mass is 10.1. The summed E-state index contributed by atoms with van der Waals surface area (Å²) in [4.78, 5) is 11.5. The Balaban J connectivity index is 2.57. The number of carbonyl (C=O) groups excluding carboxylic acids is 1. The summed E-state index contributed by atoms with van der Waals surface area (Å²) in [7, 11) is 0. The van der Waals surface area contributed by atoms with Crippen molar-refractivity contribution in [2.24, 2.45) is 0 Å². The molecule has 0 saturated heterocycles.